The van der Waals surface area contributed by atoms with Gasteiger partial charge in [-0.25, -0.2) is 0 Å². The first-order valence-corrected chi connectivity index (χ1v) is 12.2. The van der Waals surface area contributed by atoms with Gasteiger partial charge in [0.25, 0.3) is 0 Å². The highest BCUT2D eigenvalue weighted by molar-refractivity contribution is 8.48. The van der Waals surface area contributed by atoms with Gasteiger partial charge in [0.05, 0.1) is 0 Å². The van der Waals surface area contributed by atoms with Crippen molar-refractivity contribution in [3.8, 4) is 0 Å². The van der Waals surface area contributed by atoms with Crippen molar-refractivity contribution in [3.63, 3.8) is 0 Å². The van der Waals surface area contributed by atoms with E-state index in [1.807, 2.05) is 12.1 Å². The van der Waals surface area contributed by atoms with Gasteiger partial charge >= 0.3 is 0 Å². The third kappa shape index (κ3) is 8.92. The Bertz CT molecular complexity index is 569. The second-order valence-corrected chi connectivity index (χ2v) is 11.3. The third-order valence-electron chi connectivity index (χ3n) is 2.92. The van der Waals surface area contributed by atoms with Gasteiger partial charge in [0.1, 0.15) is 7.06 Å². The Hall–Kier alpha value is 0.0200. The van der Waals surface area contributed by atoms with E-state index in [2.05, 4.69) is 48.5 Å². The van der Waals surface area contributed by atoms with Crippen LogP contribution in [-0.4, -0.2) is 18.6 Å². The molecule has 126 valence electrons. The normalized spacial score (nSPS) is 10.5. The standard InChI is InChI=1S/C18H18S6/c19-17(23-13-15-7-3-1-4-8-15)21-11-12-22-18(20)24-14-16-9-5-2-6-10-16/h1-10H,11-14H2. The fourth-order valence-electron chi connectivity index (χ4n) is 1.77. The van der Waals surface area contributed by atoms with Gasteiger partial charge in [-0.3, -0.25) is 0 Å². The second-order valence-electron chi connectivity index (χ2n) is 4.75. The molecule has 0 saturated carbocycles. The van der Waals surface area contributed by atoms with Crippen LogP contribution in [0.15, 0.2) is 60.7 Å². The highest BCUT2D eigenvalue weighted by Crippen LogP contribution is 2.25. The minimum atomic E-state index is 0.950. The zero-order valence-corrected chi connectivity index (χ0v) is 18.0. The van der Waals surface area contributed by atoms with E-state index in [1.165, 1.54) is 11.1 Å². The Balaban J connectivity index is 1.52. The molecule has 0 nitrogen and oxygen atoms in total. The lowest BCUT2D eigenvalue weighted by Crippen LogP contribution is -1.92. The van der Waals surface area contributed by atoms with Gasteiger partial charge in [-0.15, -0.1) is 47.0 Å². The van der Waals surface area contributed by atoms with Crippen molar-refractivity contribution in [1.29, 1.82) is 0 Å². The zero-order valence-electron chi connectivity index (χ0n) is 13.1. The number of hydrogen-bond acceptors (Lipinski definition) is 6. The molecule has 6 heteroatoms. The van der Waals surface area contributed by atoms with Gasteiger partial charge in [-0.2, -0.15) is 0 Å². The summed E-state index contributed by atoms with van der Waals surface area (Å²) in [5.41, 5.74) is 2.64. The van der Waals surface area contributed by atoms with Crippen LogP contribution in [0.1, 0.15) is 11.1 Å². The lowest BCUT2D eigenvalue weighted by Gasteiger charge is -2.05. The molecule has 0 aliphatic carbocycles. The summed E-state index contributed by atoms with van der Waals surface area (Å²) in [6, 6.07) is 20.9. The Morgan fingerprint density at radius 2 is 0.958 bits per heavy atom. The van der Waals surface area contributed by atoms with Crippen LogP contribution < -0.4 is 0 Å². The lowest BCUT2D eigenvalue weighted by atomic mass is 10.2. The van der Waals surface area contributed by atoms with E-state index < -0.39 is 0 Å². The maximum atomic E-state index is 5.43. The fraction of sp³-hybridized carbons (Fsp3) is 0.222. The van der Waals surface area contributed by atoms with Crippen LogP contribution in [0.2, 0.25) is 0 Å². The number of thioether (sulfide) groups is 4. The first-order chi connectivity index (χ1) is 11.7. The quantitative estimate of drug-likeness (QED) is 0.347. The Labute approximate surface area is 172 Å². The van der Waals surface area contributed by atoms with Crippen LogP contribution in [0, 0.1) is 0 Å². The van der Waals surface area contributed by atoms with Crippen molar-refractivity contribution in [2.24, 2.45) is 0 Å². The molecule has 0 aliphatic heterocycles. The van der Waals surface area contributed by atoms with Crippen LogP contribution >= 0.6 is 71.5 Å². The van der Waals surface area contributed by atoms with Crippen molar-refractivity contribution >= 4 is 78.5 Å². The van der Waals surface area contributed by atoms with Crippen molar-refractivity contribution in [3.05, 3.63) is 71.8 Å². The summed E-state index contributed by atoms with van der Waals surface area (Å²) in [6.07, 6.45) is 0. The average Bonchev–Trinajstić information content (AvgIpc) is 2.63. The van der Waals surface area contributed by atoms with Gasteiger partial charge in [0, 0.05) is 23.0 Å². The molecule has 0 atom stereocenters. The Morgan fingerprint density at radius 1 is 0.583 bits per heavy atom. The summed E-state index contributed by atoms with van der Waals surface area (Å²) in [5, 5.41) is 0. The lowest BCUT2D eigenvalue weighted by molar-refractivity contribution is 1.43. The third-order valence-corrected chi connectivity index (χ3v) is 8.72. The minimum absolute atomic E-state index is 0.950. The molecule has 0 spiro atoms. The monoisotopic (exact) mass is 426 g/mol. The highest BCUT2D eigenvalue weighted by atomic mass is 32.2. The van der Waals surface area contributed by atoms with Crippen LogP contribution in [0.3, 0.4) is 0 Å². The molecule has 0 N–H and O–H groups in total. The first-order valence-electron chi connectivity index (χ1n) is 7.41. The Morgan fingerprint density at radius 3 is 1.33 bits per heavy atom. The SMILES string of the molecule is S=C(SCCSC(=S)SCc1ccccc1)SCc1ccccc1. The van der Waals surface area contributed by atoms with Crippen molar-refractivity contribution in [1.82, 2.24) is 0 Å². The molecule has 0 aromatic heterocycles. The summed E-state index contributed by atoms with van der Waals surface area (Å²) in [7, 11) is 0. The number of thiocarbonyl (C=S) groups is 2. The maximum absolute atomic E-state index is 5.43. The largest absolute Gasteiger partial charge is 0.107 e. The molecule has 0 aliphatic rings. The smallest absolute Gasteiger partial charge is 0.104 e. The first kappa shape index (κ1) is 20.3. The summed E-state index contributed by atoms with van der Waals surface area (Å²) in [5.74, 6) is 3.92. The minimum Gasteiger partial charge on any atom is -0.107 e. The van der Waals surface area contributed by atoms with Crippen LogP contribution in [-0.2, 0) is 11.5 Å². The van der Waals surface area contributed by atoms with Crippen LogP contribution in [0.5, 0.6) is 0 Å². The highest BCUT2D eigenvalue weighted by Gasteiger charge is 2.03. The summed E-state index contributed by atoms with van der Waals surface area (Å²) in [6.45, 7) is 0. The topological polar surface area (TPSA) is 0 Å². The van der Waals surface area contributed by atoms with Crippen molar-refractivity contribution < 1.29 is 0 Å². The molecule has 0 unspecified atom stereocenters. The summed E-state index contributed by atoms with van der Waals surface area (Å²) >= 11 is 17.9. The van der Waals surface area contributed by atoms with E-state index in [4.69, 9.17) is 24.4 Å². The van der Waals surface area contributed by atoms with E-state index >= 15 is 0 Å². The van der Waals surface area contributed by atoms with Gasteiger partial charge in [0.2, 0.25) is 0 Å². The molecule has 0 fully saturated rings. The van der Waals surface area contributed by atoms with Gasteiger partial charge < -0.3 is 0 Å². The fourth-order valence-corrected chi connectivity index (χ4v) is 6.09. The van der Waals surface area contributed by atoms with E-state index in [0.29, 0.717) is 0 Å². The van der Waals surface area contributed by atoms with E-state index in [-0.39, 0.29) is 0 Å². The number of rotatable bonds is 7. The maximum Gasteiger partial charge on any atom is 0.104 e. The summed E-state index contributed by atoms with van der Waals surface area (Å²) in [4.78, 5) is 0. The van der Waals surface area contributed by atoms with Crippen molar-refractivity contribution in [2.75, 3.05) is 11.5 Å². The molecule has 0 radical (unpaired) electrons. The molecule has 24 heavy (non-hydrogen) atoms. The molecule has 0 amide bonds. The Kier molecular flexibility index (Phi) is 10.5. The molecule has 0 saturated heterocycles. The molecular weight excluding hydrogens is 409 g/mol. The summed E-state index contributed by atoms with van der Waals surface area (Å²) < 4.78 is 2.03. The average molecular weight is 427 g/mol. The molecule has 2 rings (SSSR count). The number of benzene rings is 2. The second kappa shape index (κ2) is 12.4. The molecular formula is C18H18S6. The zero-order chi connectivity index (χ0) is 17.0. The van der Waals surface area contributed by atoms with Crippen LogP contribution in [0.4, 0.5) is 0 Å². The van der Waals surface area contributed by atoms with E-state index in [1.54, 1.807) is 47.0 Å². The molecule has 2 aromatic rings. The van der Waals surface area contributed by atoms with Gasteiger partial charge in [0.15, 0.2) is 0 Å². The predicted octanol–water partition coefficient (Wildman–Crippen LogP) is 6.89. The molecule has 2 aromatic carbocycles. The van der Waals surface area contributed by atoms with Gasteiger partial charge in [-0.05, 0) is 11.1 Å². The molecule has 0 bridgehead atoms. The van der Waals surface area contributed by atoms with Crippen molar-refractivity contribution in [2.45, 2.75) is 11.5 Å². The van der Waals surface area contributed by atoms with Gasteiger partial charge in [-0.1, -0.05) is 85.1 Å². The van der Waals surface area contributed by atoms with E-state index in [0.717, 1.165) is 30.1 Å². The predicted molar refractivity (Wildman–Crippen MR) is 126 cm³/mol. The van der Waals surface area contributed by atoms with Crippen LogP contribution in [0.25, 0.3) is 0 Å². The van der Waals surface area contributed by atoms with E-state index in [9.17, 15) is 0 Å². The molecule has 0 heterocycles. The number of hydrogen-bond donors (Lipinski definition) is 0.